The summed E-state index contributed by atoms with van der Waals surface area (Å²) in [5.41, 5.74) is 1.42. The van der Waals surface area contributed by atoms with Crippen LogP contribution in [0.2, 0.25) is 0 Å². The van der Waals surface area contributed by atoms with Crippen molar-refractivity contribution in [3.8, 4) is 0 Å². The van der Waals surface area contributed by atoms with Crippen molar-refractivity contribution in [1.82, 2.24) is 0 Å². The number of halogens is 1. The van der Waals surface area contributed by atoms with E-state index in [1.54, 1.807) is 12.1 Å². The van der Waals surface area contributed by atoms with Crippen LogP contribution in [0, 0.1) is 18.8 Å². The first-order valence-corrected chi connectivity index (χ1v) is 12.1. The number of esters is 2. The van der Waals surface area contributed by atoms with Crippen LogP contribution in [0.4, 0.5) is 0 Å². The highest BCUT2D eigenvalue weighted by Crippen LogP contribution is 2.25. The normalized spacial score (nSPS) is 13.4. The Hall–Kier alpha value is -1.36. The summed E-state index contributed by atoms with van der Waals surface area (Å²) in [7, 11) is 0. The number of aryl methyl sites for hydroxylation is 1. The van der Waals surface area contributed by atoms with Crippen molar-refractivity contribution >= 4 is 27.9 Å². The maximum atomic E-state index is 13.0. The molecule has 30 heavy (non-hydrogen) atoms. The Bertz CT molecular complexity index is 638. The van der Waals surface area contributed by atoms with Gasteiger partial charge in [0.05, 0.1) is 11.1 Å². The van der Waals surface area contributed by atoms with E-state index < -0.39 is 11.9 Å². The molecule has 0 aliphatic rings. The molecule has 0 amide bonds. The summed E-state index contributed by atoms with van der Waals surface area (Å²) in [4.78, 5) is 25.9. The first-order valence-electron chi connectivity index (χ1n) is 11.3. The van der Waals surface area contributed by atoms with Crippen LogP contribution in [0.25, 0.3) is 0 Å². The van der Waals surface area contributed by atoms with Crippen LogP contribution in [0.15, 0.2) is 16.6 Å². The predicted octanol–water partition coefficient (Wildman–Crippen LogP) is 7.50. The van der Waals surface area contributed by atoms with Crippen LogP contribution in [-0.4, -0.2) is 24.1 Å². The Morgan fingerprint density at radius 2 is 1.20 bits per heavy atom. The lowest BCUT2D eigenvalue weighted by atomic mass is 10.0. The number of benzene rings is 1. The molecule has 0 fully saturated rings. The lowest BCUT2D eigenvalue weighted by molar-refractivity contribution is 0.0213. The largest absolute Gasteiger partial charge is 0.459 e. The molecule has 0 spiro atoms. The molecule has 1 aromatic carbocycles. The molecule has 1 rings (SSSR count). The van der Waals surface area contributed by atoms with Crippen molar-refractivity contribution in [3.63, 3.8) is 0 Å². The third-order valence-corrected chi connectivity index (χ3v) is 6.18. The van der Waals surface area contributed by atoms with Gasteiger partial charge in [-0.25, -0.2) is 9.59 Å². The summed E-state index contributed by atoms with van der Waals surface area (Å²) < 4.78 is 12.3. The second-order valence-corrected chi connectivity index (χ2v) is 9.81. The molecule has 0 saturated carbocycles. The molecular weight excluding hydrogens is 444 g/mol. The molecule has 0 saturated heterocycles. The van der Waals surface area contributed by atoms with Gasteiger partial charge in [-0.2, -0.15) is 0 Å². The average molecular weight is 483 g/mol. The highest BCUT2D eigenvalue weighted by atomic mass is 79.9. The molecule has 0 aromatic heterocycles. The minimum absolute atomic E-state index is 0.151. The highest BCUT2D eigenvalue weighted by molar-refractivity contribution is 9.10. The lowest BCUT2D eigenvalue weighted by Crippen LogP contribution is -2.23. The standard InChI is InChI=1S/C25H39BrO4/c1-8-19(12-10-16(3)4)29-24(27)21-14-18(7)23(26)15-22(21)25(28)30-20(9-2)13-11-17(5)6/h14-17,19-20H,8-13H2,1-7H3. The zero-order valence-corrected chi connectivity index (χ0v) is 21.3. The molecule has 0 aliphatic heterocycles. The van der Waals surface area contributed by atoms with Gasteiger partial charge < -0.3 is 9.47 Å². The van der Waals surface area contributed by atoms with E-state index in [9.17, 15) is 9.59 Å². The summed E-state index contributed by atoms with van der Waals surface area (Å²) in [6, 6.07) is 3.39. The van der Waals surface area contributed by atoms with Crippen molar-refractivity contribution < 1.29 is 19.1 Å². The van der Waals surface area contributed by atoms with Crippen molar-refractivity contribution in [2.45, 2.75) is 99.2 Å². The Morgan fingerprint density at radius 3 is 1.57 bits per heavy atom. The molecule has 5 heteroatoms. The quantitative estimate of drug-likeness (QED) is 0.289. The van der Waals surface area contributed by atoms with Crippen LogP contribution in [0.1, 0.15) is 106 Å². The maximum absolute atomic E-state index is 13.0. The second kappa shape index (κ2) is 13.1. The van der Waals surface area contributed by atoms with Gasteiger partial charge in [0.2, 0.25) is 0 Å². The number of carbonyl (C=O) groups excluding carboxylic acids is 2. The van der Waals surface area contributed by atoms with Crippen LogP contribution < -0.4 is 0 Å². The van der Waals surface area contributed by atoms with Gasteiger partial charge in [0.25, 0.3) is 0 Å². The Morgan fingerprint density at radius 1 is 0.800 bits per heavy atom. The fourth-order valence-electron chi connectivity index (χ4n) is 3.18. The number of hydrogen-bond acceptors (Lipinski definition) is 4. The fourth-order valence-corrected chi connectivity index (χ4v) is 3.52. The van der Waals surface area contributed by atoms with Crippen LogP contribution in [0.5, 0.6) is 0 Å². The molecule has 4 nitrogen and oxygen atoms in total. The third kappa shape index (κ3) is 8.79. The van der Waals surface area contributed by atoms with E-state index in [0.29, 0.717) is 11.8 Å². The molecule has 2 unspecified atom stereocenters. The van der Waals surface area contributed by atoms with E-state index in [1.807, 2.05) is 20.8 Å². The lowest BCUT2D eigenvalue weighted by Gasteiger charge is -2.20. The van der Waals surface area contributed by atoms with Gasteiger partial charge >= 0.3 is 11.9 Å². The van der Waals surface area contributed by atoms with E-state index in [4.69, 9.17) is 9.47 Å². The van der Waals surface area contributed by atoms with E-state index in [-0.39, 0.29) is 23.3 Å². The maximum Gasteiger partial charge on any atom is 0.339 e. The number of hydrogen-bond donors (Lipinski definition) is 0. The van der Waals surface area contributed by atoms with Crippen molar-refractivity contribution in [1.29, 1.82) is 0 Å². The first-order chi connectivity index (χ1) is 14.1. The van der Waals surface area contributed by atoms with Crippen LogP contribution >= 0.6 is 15.9 Å². The van der Waals surface area contributed by atoms with Crippen LogP contribution in [0.3, 0.4) is 0 Å². The molecule has 0 bridgehead atoms. The summed E-state index contributed by atoms with van der Waals surface area (Å²) in [5, 5.41) is 0. The zero-order valence-electron chi connectivity index (χ0n) is 19.7. The predicted molar refractivity (Wildman–Crippen MR) is 126 cm³/mol. The first kappa shape index (κ1) is 26.7. The van der Waals surface area contributed by atoms with E-state index in [2.05, 4.69) is 43.6 Å². The van der Waals surface area contributed by atoms with Crippen molar-refractivity contribution in [2.75, 3.05) is 0 Å². The minimum Gasteiger partial charge on any atom is -0.459 e. The van der Waals surface area contributed by atoms with Gasteiger partial charge in [0.1, 0.15) is 12.2 Å². The van der Waals surface area contributed by atoms with E-state index >= 15 is 0 Å². The fraction of sp³-hybridized carbons (Fsp3) is 0.680. The summed E-state index contributed by atoms with van der Waals surface area (Å²) in [5.74, 6) is 0.181. The van der Waals surface area contributed by atoms with Crippen molar-refractivity contribution in [3.05, 3.63) is 33.3 Å². The third-order valence-electron chi connectivity index (χ3n) is 5.33. The monoisotopic (exact) mass is 482 g/mol. The number of carbonyl (C=O) groups is 2. The molecule has 1 aromatic rings. The Balaban J connectivity index is 3.05. The van der Waals surface area contributed by atoms with Gasteiger partial charge in [0, 0.05) is 4.47 Å². The SMILES string of the molecule is CCC(CCC(C)C)OC(=O)c1cc(C)c(Br)cc1C(=O)OC(CC)CCC(C)C. The van der Waals surface area contributed by atoms with Gasteiger partial charge in [-0.1, -0.05) is 57.5 Å². The molecule has 0 N–H and O–H groups in total. The molecule has 0 heterocycles. The average Bonchev–Trinajstić information content (AvgIpc) is 2.69. The Kier molecular flexibility index (Phi) is 11.7. The Labute approximate surface area is 191 Å². The van der Waals surface area contributed by atoms with Gasteiger partial charge in [0.15, 0.2) is 0 Å². The topological polar surface area (TPSA) is 52.6 Å². The smallest absolute Gasteiger partial charge is 0.339 e. The van der Waals surface area contributed by atoms with Gasteiger partial charge in [-0.3, -0.25) is 0 Å². The highest BCUT2D eigenvalue weighted by Gasteiger charge is 2.25. The minimum atomic E-state index is -0.464. The van der Waals surface area contributed by atoms with Gasteiger partial charge in [-0.15, -0.1) is 0 Å². The van der Waals surface area contributed by atoms with E-state index in [0.717, 1.165) is 48.6 Å². The summed E-state index contributed by atoms with van der Waals surface area (Å²) in [6.45, 7) is 14.5. The number of rotatable bonds is 12. The second-order valence-electron chi connectivity index (χ2n) is 8.96. The molecule has 0 radical (unpaired) electrons. The van der Waals surface area contributed by atoms with E-state index in [1.165, 1.54) is 0 Å². The molecule has 170 valence electrons. The van der Waals surface area contributed by atoms with Crippen molar-refractivity contribution in [2.24, 2.45) is 11.8 Å². The molecule has 2 atom stereocenters. The zero-order chi connectivity index (χ0) is 22.8. The van der Waals surface area contributed by atoms with Crippen LogP contribution in [-0.2, 0) is 9.47 Å². The molecular formula is C25H39BrO4. The number of ether oxygens (including phenoxy) is 2. The molecule has 0 aliphatic carbocycles. The summed E-state index contributed by atoms with van der Waals surface area (Å²) in [6.07, 6.45) is 4.82. The summed E-state index contributed by atoms with van der Waals surface area (Å²) >= 11 is 3.48. The van der Waals surface area contributed by atoms with Gasteiger partial charge in [-0.05, 0) is 75.0 Å².